The van der Waals surface area contributed by atoms with Crippen LogP contribution < -0.4 is 5.32 Å². The molecule has 1 fully saturated rings. The average molecular weight is 321 g/mol. The first-order chi connectivity index (χ1) is 10.6. The van der Waals surface area contributed by atoms with Gasteiger partial charge in [0.2, 0.25) is 0 Å². The Morgan fingerprint density at radius 1 is 1.50 bits per heavy atom. The molecule has 3 rings (SSSR count). The Bertz CT molecular complexity index is 695. The third-order valence-corrected chi connectivity index (χ3v) is 4.82. The summed E-state index contributed by atoms with van der Waals surface area (Å²) < 4.78 is 5.70. The zero-order valence-electron chi connectivity index (χ0n) is 13.0. The predicted octanol–water partition coefficient (Wildman–Crippen LogP) is 3.61. The molecule has 0 saturated carbocycles. The number of amides is 1. The number of carbonyl (C=O) groups excluding carboxylic acids is 1. The third kappa shape index (κ3) is 2.73. The Balaban J connectivity index is 1.75. The van der Waals surface area contributed by atoms with Crippen LogP contribution in [0.2, 0.25) is 5.02 Å². The van der Waals surface area contributed by atoms with E-state index in [2.05, 4.69) is 17.1 Å². The molecule has 1 aliphatic rings. The molecular formula is C17H21ClN2O2. The van der Waals surface area contributed by atoms with E-state index in [9.17, 15) is 4.79 Å². The molecule has 1 N–H and O–H groups in total. The van der Waals surface area contributed by atoms with Crippen LogP contribution in [0.1, 0.15) is 35.9 Å². The molecule has 2 aromatic rings. The maximum Gasteiger partial charge on any atom is 0.287 e. The van der Waals surface area contributed by atoms with Crippen molar-refractivity contribution in [2.45, 2.75) is 32.7 Å². The number of furan rings is 1. The quantitative estimate of drug-likeness (QED) is 0.936. The summed E-state index contributed by atoms with van der Waals surface area (Å²) in [5.41, 5.74) is 1.43. The van der Waals surface area contributed by atoms with E-state index < -0.39 is 0 Å². The fourth-order valence-corrected chi connectivity index (χ4v) is 3.47. The number of hydrogen-bond donors (Lipinski definition) is 1. The molecule has 0 bridgehead atoms. The van der Waals surface area contributed by atoms with E-state index in [0.29, 0.717) is 29.0 Å². The minimum Gasteiger partial charge on any atom is -0.449 e. The SMILES string of the molecule is CCN1CCC[C@@H]1CNC(=O)c1oc2c(Cl)cccc2c1C. The molecule has 5 heteroatoms. The van der Waals surface area contributed by atoms with Gasteiger partial charge in [0.15, 0.2) is 11.3 Å². The highest BCUT2D eigenvalue weighted by atomic mass is 35.5. The number of rotatable bonds is 4. The van der Waals surface area contributed by atoms with E-state index in [1.54, 1.807) is 6.07 Å². The summed E-state index contributed by atoms with van der Waals surface area (Å²) in [6.45, 7) is 6.86. The first-order valence-electron chi connectivity index (χ1n) is 7.81. The monoisotopic (exact) mass is 320 g/mol. The van der Waals surface area contributed by atoms with Crippen LogP contribution in [-0.4, -0.2) is 36.5 Å². The summed E-state index contributed by atoms with van der Waals surface area (Å²) >= 11 is 6.13. The van der Waals surface area contributed by atoms with Crippen molar-refractivity contribution in [2.75, 3.05) is 19.6 Å². The minimum absolute atomic E-state index is 0.160. The van der Waals surface area contributed by atoms with Crippen molar-refractivity contribution >= 4 is 28.5 Å². The number of hydrogen-bond acceptors (Lipinski definition) is 3. The molecule has 1 amide bonds. The van der Waals surface area contributed by atoms with Crippen LogP contribution in [-0.2, 0) is 0 Å². The van der Waals surface area contributed by atoms with Crippen LogP contribution in [0.3, 0.4) is 0 Å². The van der Waals surface area contributed by atoms with Crippen LogP contribution in [0, 0.1) is 6.92 Å². The number of aryl methyl sites for hydroxylation is 1. The van der Waals surface area contributed by atoms with E-state index >= 15 is 0 Å². The van der Waals surface area contributed by atoms with Gasteiger partial charge in [-0.1, -0.05) is 30.7 Å². The minimum atomic E-state index is -0.160. The Kier molecular flexibility index (Phi) is 4.41. The largest absolute Gasteiger partial charge is 0.449 e. The van der Waals surface area contributed by atoms with Crippen LogP contribution in [0.4, 0.5) is 0 Å². The van der Waals surface area contributed by atoms with Crippen LogP contribution in [0.15, 0.2) is 22.6 Å². The Morgan fingerprint density at radius 3 is 3.05 bits per heavy atom. The lowest BCUT2D eigenvalue weighted by Gasteiger charge is -2.22. The van der Waals surface area contributed by atoms with E-state index in [4.69, 9.17) is 16.0 Å². The Hall–Kier alpha value is -1.52. The zero-order chi connectivity index (χ0) is 15.7. The summed E-state index contributed by atoms with van der Waals surface area (Å²) in [4.78, 5) is 14.8. The summed E-state index contributed by atoms with van der Waals surface area (Å²) in [7, 11) is 0. The molecule has 0 aliphatic carbocycles. The Labute approximate surface area is 135 Å². The van der Waals surface area contributed by atoms with Gasteiger partial charge in [0.05, 0.1) is 5.02 Å². The van der Waals surface area contributed by atoms with Crippen molar-refractivity contribution in [3.63, 3.8) is 0 Å². The highest BCUT2D eigenvalue weighted by molar-refractivity contribution is 6.35. The second-order valence-corrected chi connectivity index (χ2v) is 6.21. The van der Waals surface area contributed by atoms with Crippen molar-refractivity contribution in [3.05, 3.63) is 34.5 Å². The second-order valence-electron chi connectivity index (χ2n) is 5.81. The van der Waals surface area contributed by atoms with Crippen molar-refractivity contribution in [3.8, 4) is 0 Å². The van der Waals surface area contributed by atoms with Crippen LogP contribution >= 0.6 is 11.6 Å². The topological polar surface area (TPSA) is 45.5 Å². The summed E-state index contributed by atoms with van der Waals surface area (Å²) in [6, 6.07) is 5.99. The number of fused-ring (bicyclic) bond motifs is 1. The third-order valence-electron chi connectivity index (χ3n) is 4.53. The van der Waals surface area contributed by atoms with Crippen molar-refractivity contribution in [1.82, 2.24) is 10.2 Å². The number of likely N-dealkylation sites (N-methyl/N-ethyl adjacent to an activating group) is 1. The van der Waals surface area contributed by atoms with Crippen molar-refractivity contribution in [2.24, 2.45) is 0 Å². The normalized spacial score (nSPS) is 19.0. The standard InChI is InChI=1S/C17H21ClN2O2/c1-3-20-9-5-6-12(20)10-19-17(21)15-11(2)13-7-4-8-14(18)16(13)22-15/h4,7-8,12H,3,5-6,9-10H2,1-2H3,(H,19,21)/t12-/m1/s1. The van der Waals surface area contributed by atoms with Crippen molar-refractivity contribution < 1.29 is 9.21 Å². The molecule has 0 spiro atoms. The lowest BCUT2D eigenvalue weighted by molar-refractivity contribution is 0.0915. The zero-order valence-corrected chi connectivity index (χ0v) is 13.7. The number of halogens is 1. The molecule has 1 aromatic heterocycles. The summed E-state index contributed by atoms with van der Waals surface area (Å²) in [5, 5.41) is 4.44. The fraction of sp³-hybridized carbons (Fsp3) is 0.471. The van der Waals surface area contributed by atoms with Gasteiger partial charge in [-0.05, 0) is 38.9 Å². The van der Waals surface area contributed by atoms with Gasteiger partial charge in [0.1, 0.15) is 0 Å². The number of benzene rings is 1. The van der Waals surface area contributed by atoms with Crippen LogP contribution in [0.5, 0.6) is 0 Å². The van der Waals surface area contributed by atoms with Gasteiger partial charge >= 0.3 is 0 Å². The number of carbonyl (C=O) groups is 1. The first-order valence-corrected chi connectivity index (χ1v) is 8.19. The molecule has 0 radical (unpaired) electrons. The molecule has 1 aromatic carbocycles. The van der Waals surface area contributed by atoms with Crippen LogP contribution in [0.25, 0.3) is 11.0 Å². The first kappa shape index (κ1) is 15.4. The molecule has 118 valence electrons. The molecule has 0 unspecified atom stereocenters. The predicted molar refractivity (Wildman–Crippen MR) is 88.6 cm³/mol. The number of nitrogens with zero attached hydrogens (tertiary/aromatic N) is 1. The second kappa shape index (κ2) is 6.31. The lowest BCUT2D eigenvalue weighted by atomic mass is 10.1. The molecule has 1 aliphatic heterocycles. The molecule has 2 heterocycles. The smallest absolute Gasteiger partial charge is 0.287 e. The van der Waals surface area contributed by atoms with Gasteiger partial charge in [0, 0.05) is 23.5 Å². The molecule has 1 atom stereocenters. The highest BCUT2D eigenvalue weighted by Gasteiger charge is 2.25. The molecule has 4 nitrogen and oxygen atoms in total. The summed E-state index contributed by atoms with van der Waals surface area (Å²) in [5.74, 6) is 0.205. The van der Waals surface area contributed by atoms with Gasteiger partial charge in [-0.3, -0.25) is 9.69 Å². The Morgan fingerprint density at radius 2 is 2.32 bits per heavy atom. The fourth-order valence-electron chi connectivity index (χ4n) is 3.26. The van der Waals surface area contributed by atoms with E-state index in [1.165, 1.54) is 6.42 Å². The van der Waals surface area contributed by atoms with E-state index in [-0.39, 0.29) is 5.91 Å². The number of nitrogens with one attached hydrogen (secondary N) is 1. The lowest BCUT2D eigenvalue weighted by Crippen LogP contribution is -2.40. The van der Waals surface area contributed by atoms with Gasteiger partial charge in [-0.25, -0.2) is 0 Å². The molecule has 22 heavy (non-hydrogen) atoms. The summed E-state index contributed by atoms with van der Waals surface area (Å²) in [6.07, 6.45) is 2.34. The van der Waals surface area contributed by atoms with E-state index in [1.807, 2.05) is 19.1 Å². The molecule has 1 saturated heterocycles. The maximum atomic E-state index is 12.4. The van der Waals surface area contributed by atoms with E-state index in [0.717, 1.165) is 30.5 Å². The number of likely N-dealkylation sites (tertiary alicyclic amines) is 1. The van der Waals surface area contributed by atoms with Gasteiger partial charge < -0.3 is 9.73 Å². The number of para-hydroxylation sites is 1. The maximum absolute atomic E-state index is 12.4. The van der Waals surface area contributed by atoms with Crippen molar-refractivity contribution in [1.29, 1.82) is 0 Å². The highest BCUT2D eigenvalue weighted by Crippen LogP contribution is 2.30. The van der Waals surface area contributed by atoms with Gasteiger partial charge in [-0.2, -0.15) is 0 Å². The van der Waals surface area contributed by atoms with Gasteiger partial charge in [-0.15, -0.1) is 0 Å². The average Bonchev–Trinajstić information content (AvgIpc) is 3.10. The molecular weight excluding hydrogens is 300 g/mol. The van der Waals surface area contributed by atoms with Gasteiger partial charge in [0.25, 0.3) is 5.91 Å².